The van der Waals surface area contributed by atoms with Crippen molar-refractivity contribution in [3.05, 3.63) is 58.7 Å². The molecule has 0 aliphatic carbocycles. The van der Waals surface area contributed by atoms with Crippen molar-refractivity contribution in [2.24, 2.45) is 0 Å². The molecule has 2 aromatic carbocycles. The van der Waals surface area contributed by atoms with Gasteiger partial charge < -0.3 is 10.1 Å². The fraction of sp³-hybridized carbons (Fsp3) is 0.167. The van der Waals surface area contributed by atoms with E-state index in [9.17, 15) is 4.79 Å². The van der Waals surface area contributed by atoms with Crippen LogP contribution in [0.1, 0.15) is 22.3 Å². The third-order valence-electron chi connectivity index (χ3n) is 3.79. The molecule has 0 aromatic heterocycles. The Kier molecular flexibility index (Phi) is 3.26. The summed E-state index contributed by atoms with van der Waals surface area (Å²) in [6.07, 6.45) is 1.95. The number of nitrogens with one attached hydrogen (secondary N) is 1. The Morgan fingerprint density at radius 3 is 2.62 bits per heavy atom. The molecule has 1 amide bonds. The lowest BCUT2D eigenvalue weighted by Gasteiger charge is -2.09. The summed E-state index contributed by atoms with van der Waals surface area (Å²) in [5.41, 5.74) is 5.71. The Morgan fingerprint density at radius 2 is 1.86 bits per heavy atom. The summed E-state index contributed by atoms with van der Waals surface area (Å²) in [6, 6.07) is 11.8. The molecule has 0 atom stereocenters. The van der Waals surface area contributed by atoms with Gasteiger partial charge in [-0.3, -0.25) is 4.79 Å². The SMILES string of the molecule is COc1cc(C)c(/C=C2\C(=O)Nc3ccccc32)cc1C. The molecule has 0 saturated heterocycles. The largest absolute Gasteiger partial charge is 0.496 e. The van der Waals surface area contributed by atoms with Gasteiger partial charge in [0.2, 0.25) is 0 Å². The molecule has 106 valence electrons. The smallest absolute Gasteiger partial charge is 0.256 e. The van der Waals surface area contributed by atoms with Crippen molar-refractivity contribution in [2.45, 2.75) is 13.8 Å². The minimum Gasteiger partial charge on any atom is -0.496 e. The van der Waals surface area contributed by atoms with Crippen molar-refractivity contribution in [2.75, 3.05) is 12.4 Å². The first-order valence-corrected chi connectivity index (χ1v) is 6.88. The molecule has 2 aromatic rings. The molecule has 0 saturated carbocycles. The molecular formula is C18H17NO2. The molecule has 1 heterocycles. The number of ether oxygens (including phenoxy) is 1. The number of rotatable bonds is 2. The molecule has 3 rings (SSSR count). The second-order valence-electron chi connectivity index (χ2n) is 5.24. The molecule has 0 unspecified atom stereocenters. The Hall–Kier alpha value is -2.55. The van der Waals surface area contributed by atoms with E-state index in [1.165, 1.54) is 0 Å². The van der Waals surface area contributed by atoms with Gasteiger partial charge in [-0.15, -0.1) is 0 Å². The number of carbonyl (C=O) groups excluding carboxylic acids is 1. The third kappa shape index (κ3) is 2.31. The van der Waals surface area contributed by atoms with Crippen LogP contribution in [0.25, 0.3) is 11.6 Å². The summed E-state index contributed by atoms with van der Waals surface area (Å²) in [5.74, 6) is 0.815. The highest BCUT2D eigenvalue weighted by Crippen LogP contribution is 2.34. The number of anilines is 1. The van der Waals surface area contributed by atoms with Gasteiger partial charge in [-0.2, -0.15) is 0 Å². The number of hydrogen-bond acceptors (Lipinski definition) is 2. The van der Waals surface area contributed by atoms with Gasteiger partial charge in [0, 0.05) is 16.8 Å². The number of aryl methyl sites for hydroxylation is 2. The van der Waals surface area contributed by atoms with Crippen LogP contribution in [0.4, 0.5) is 5.69 Å². The third-order valence-corrected chi connectivity index (χ3v) is 3.79. The van der Waals surface area contributed by atoms with Gasteiger partial charge in [0.05, 0.1) is 7.11 Å². The Morgan fingerprint density at radius 1 is 1.10 bits per heavy atom. The van der Waals surface area contributed by atoms with Gasteiger partial charge in [0.15, 0.2) is 0 Å². The number of benzene rings is 2. The topological polar surface area (TPSA) is 38.3 Å². The fourth-order valence-corrected chi connectivity index (χ4v) is 2.63. The molecule has 1 aliphatic heterocycles. The minimum absolute atomic E-state index is 0.0518. The van der Waals surface area contributed by atoms with Crippen LogP contribution in [0.5, 0.6) is 5.75 Å². The van der Waals surface area contributed by atoms with E-state index in [0.29, 0.717) is 5.57 Å². The van der Waals surface area contributed by atoms with Gasteiger partial charge in [-0.25, -0.2) is 0 Å². The molecule has 21 heavy (non-hydrogen) atoms. The predicted octanol–water partition coefficient (Wildman–Crippen LogP) is 3.80. The van der Waals surface area contributed by atoms with E-state index in [1.807, 2.05) is 50.3 Å². The van der Waals surface area contributed by atoms with Crippen molar-refractivity contribution in [3.8, 4) is 5.75 Å². The highest BCUT2D eigenvalue weighted by Gasteiger charge is 2.23. The lowest BCUT2D eigenvalue weighted by atomic mass is 9.99. The second-order valence-corrected chi connectivity index (χ2v) is 5.24. The average Bonchev–Trinajstić information content (AvgIpc) is 2.78. The number of carbonyl (C=O) groups is 1. The van der Waals surface area contributed by atoms with E-state index in [4.69, 9.17) is 4.74 Å². The first-order chi connectivity index (χ1) is 10.1. The lowest BCUT2D eigenvalue weighted by Crippen LogP contribution is -2.03. The summed E-state index contributed by atoms with van der Waals surface area (Å²) < 4.78 is 5.33. The first kappa shape index (κ1) is 13.4. The summed E-state index contributed by atoms with van der Waals surface area (Å²) in [5, 5.41) is 2.89. The fourth-order valence-electron chi connectivity index (χ4n) is 2.63. The molecular weight excluding hydrogens is 262 g/mol. The van der Waals surface area contributed by atoms with E-state index in [0.717, 1.165) is 33.7 Å². The maximum atomic E-state index is 12.2. The van der Waals surface area contributed by atoms with Crippen molar-refractivity contribution < 1.29 is 9.53 Å². The van der Waals surface area contributed by atoms with Gasteiger partial charge in [0.1, 0.15) is 5.75 Å². The van der Waals surface area contributed by atoms with Gasteiger partial charge >= 0.3 is 0 Å². The van der Waals surface area contributed by atoms with E-state index in [-0.39, 0.29) is 5.91 Å². The van der Waals surface area contributed by atoms with Crippen LogP contribution < -0.4 is 10.1 Å². The van der Waals surface area contributed by atoms with Crippen LogP contribution in [-0.2, 0) is 4.79 Å². The number of hydrogen-bond donors (Lipinski definition) is 1. The van der Waals surface area contributed by atoms with Crippen molar-refractivity contribution in [1.29, 1.82) is 0 Å². The summed E-state index contributed by atoms with van der Waals surface area (Å²) >= 11 is 0. The molecule has 1 N–H and O–H groups in total. The van der Waals surface area contributed by atoms with Crippen molar-refractivity contribution in [1.82, 2.24) is 0 Å². The van der Waals surface area contributed by atoms with Crippen LogP contribution in [-0.4, -0.2) is 13.0 Å². The zero-order valence-electron chi connectivity index (χ0n) is 12.4. The first-order valence-electron chi connectivity index (χ1n) is 6.88. The average molecular weight is 279 g/mol. The summed E-state index contributed by atoms with van der Waals surface area (Å²) in [7, 11) is 1.67. The molecule has 0 spiro atoms. The highest BCUT2D eigenvalue weighted by atomic mass is 16.5. The van der Waals surface area contributed by atoms with Gasteiger partial charge in [-0.05, 0) is 54.8 Å². The zero-order chi connectivity index (χ0) is 15.0. The molecule has 0 bridgehead atoms. The maximum absolute atomic E-state index is 12.2. The van der Waals surface area contributed by atoms with Crippen LogP contribution in [0.2, 0.25) is 0 Å². The quantitative estimate of drug-likeness (QED) is 0.849. The number of amides is 1. The summed E-state index contributed by atoms with van der Waals surface area (Å²) in [6.45, 7) is 4.02. The predicted molar refractivity (Wildman–Crippen MR) is 85.4 cm³/mol. The maximum Gasteiger partial charge on any atom is 0.256 e. The lowest BCUT2D eigenvalue weighted by molar-refractivity contribution is -0.110. The van der Waals surface area contributed by atoms with E-state index in [2.05, 4.69) is 11.4 Å². The standard InChI is InChI=1S/C18H17NO2/c1-11-9-17(21-3)12(2)8-13(11)10-15-14-6-4-5-7-16(14)19-18(15)20/h4-10H,1-3H3,(H,19,20)/b15-10-. The number of fused-ring (bicyclic) bond motifs is 1. The van der Waals surface area contributed by atoms with Crippen LogP contribution in [0.15, 0.2) is 36.4 Å². The van der Waals surface area contributed by atoms with E-state index < -0.39 is 0 Å². The number of para-hydroxylation sites is 1. The van der Waals surface area contributed by atoms with E-state index in [1.54, 1.807) is 7.11 Å². The van der Waals surface area contributed by atoms with Crippen LogP contribution >= 0.6 is 0 Å². The van der Waals surface area contributed by atoms with Crippen molar-refractivity contribution >= 4 is 23.2 Å². The van der Waals surface area contributed by atoms with Gasteiger partial charge in [-0.1, -0.05) is 18.2 Å². The molecule has 3 nitrogen and oxygen atoms in total. The molecule has 0 radical (unpaired) electrons. The van der Waals surface area contributed by atoms with E-state index >= 15 is 0 Å². The van der Waals surface area contributed by atoms with Crippen molar-refractivity contribution in [3.63, 3.8) is 0 Å². The highest BCUT2D eigenvalue weighted by molar-refractivity contribution is 6.34. The minimum atomic E-state index is -0.0518. The second kappa shape index (κ2) is 5.09. The molecule has 3 heteroatoms. The zero-order valence-corrected chi connectivity index (χ0v) is 12.4. The van der Waals surface area contributed by atoms with Crippen LogP contribution in [0, 0.1) is 13.8 Å². The van der Waals surface area contributed by atoms with Crippen LogP contribution in [0.3, 0.4) is 0 Å². The monoisotopic (exact) mass is 279 g/mol. The summed E-state index contributed by atoms with van der Waals surface area (Å²) in [4.78, 5) is 12.2. The Labute approximate surface area is 124 Å². The molecule has 1 aliphatic rings. The van der Waals surface area contributed by atoms with Gasteiger partial charge in [0.25, 0.3) is 5.91 Å². The Balaban J connectivity index is 2.11. The Bertz CT molecular complexity index is 760. The normalized spacial score (nSPS) is 15.0. The number of methoxy groups -OCH3 is 1. The molecule has 0 fully saturated rings.